The number of carboxylic acid groups (broad SMARTS) is 1. The van der Waals surface area contributed by atoms with E-state index in [1.165, 1.54) is 20.3 Å². The fourth-order valence-corrected chi connectivity index (χ4v) is 1.63. The van der Waals surface area contributed by atoms with Gasteiger partial charge in [0.25, 0.3) is 0 Å². The van der Waals surface area contributed by atoms with E-state index in [4.69, 9.17) is 14.6 Å². The standard InChI is InChI=1S/C12H11NO4.K/c1-16-9-5-3-4-7-10(17-2)6-8(12(14)15)13-11(7)9;/h3-6H,1-2H3,(H,14,15);. The number of pyridine rings is 1. The number of aromatic carboxylic acids is 1. The molecule has 0 bridgehead atoms. The number of benzene rings is 1. The van der Waals surface area contributed by atoms with E-state index in [9.17, 15) is 4.79 Å². The van der Waals surface area contributed by atoms with Crippen molar-refractivity contribution in [3.63, 3.8) is 0 Å². The molecule has 2 rings (SSSR count). The maximum Gasteiger partial charge on any atom is 0.354 e. The SMILES string of the molecule is COc1cc(C(=O)O)nc2c(OC)cccc12.[K]. The van der Waals surface area contributed by atoms with Crippen LogP contribution < -0.4 is 9.47 Å². The number of carboxylic acids is 1. The van der Waals surface area contributed by atoms with Crippen LogP contribution >= 0.6 is 0 Å². The van der Waals surface area contributed by atoms with Crippen molar-refractivity contribution in [1.82, 2.24) is 4.98 Å². The quantitative estimate of drug-likeness (QED) is 0.859. The minimum absolute atomic E-state index is 0. The van der Waals surface area contributed by atoms with Crippen LogP contribution in [0.4, 0.5) is 0 Å². The van der Waals surface area contributed by atoms with Gasteiger partial charge in [0, 0.05) is 62.8 Å². The first-order valence-electron chi connectivity index (χ1n) is 4.92. The largest absolute Gasteiger partial charge is 0.496 e. The van der Waals surface area contributed by atoms with Gasteiger partial charge < -0.3 is 14.6 Å². The Hall–Kier alpha value is -0.664. The average Bonchev–Trinajstić information content (AvgIpc) is 2.36. The van der Waals surface area contributed by atoms with Crippen molar-refractivity contribution in [2.45, 2.75) is 0 Å². The van der Waals surface area contributed by atoms with Crippen molar-refractivity contribution in [3.8, 4) is 11.5 Å². The molecule has 0 saturated heterocycles. The molecular formula is C12H11KNO4. The molecule has 0 spiro atoms. The monoisotopic (exact) mass is 272 g/mol. The average molecular weight is 272 g/mol. The summed E-state index contributed by atoms with van der Waals surface area (Å²) in [5.41, 5.74) is 0.408. The predicted octanol–water partition coefficient (Wildman–Crippen LogP) is 1.57. The van der Waals surface area contributed by atoms with Gasteiger partial charge in [-0.1, -0.05) is 6.07 Å². The van der Waals surface area contributed by atoms with Gasteiger partial charge in [-0.15, -0.1) is 0 Å². The maximum absolute atomic E-state index is 11.0. The minimum atomic E-state index is -1.10. The first-order chi connectivity index (χ1) is 8.17. The van der Waals surface area contributed by atoms with Crippen molar-refractivity contribution in [2.75, 3.05) is 14.2 Å². The number of aromatic nitrogens is 1. The van der Waals surface area contributed by atoms with E-state index >= 15 is 0 Å². The Bertz CT molecular complexity index is 586. The summed E-state index contributed by atoms with van der Waals surface area (Å²) in [5.74, 6) is -0.119. The molecule has 2 aromatic rings. The summed E-state index contributed by atoms with van der Waals surface area (Å²) in [7, 11) is 3.00. The van der Waals surface area contributed by atoms with Crippen LogP contribution in [0.1, 0.15) is 10.5 Å². The van der Waals surface area contributed by atoms with E-state index in [0.29, 0.717) is 17.0 Å². The summed E-state index contributed by atoms with van der Waals surface area (Å²) in [6.07, 6.45) is 0. The predicted molar refractivity (Wildman–Crippen MR) is 67.6 cm³/mol. The zero-order chi connectivity index (χ0) is 12.4. The number of nitrogens with zero attached hydrogens (tertiary/aromatic N) is 1. The van der Waals surface area contributed by atoms with Crippen LogP contribution in [0.2, 0.25) is 0 Å². The van der Waals surface area contributed by atoms with Gasteiger partial charge in [0.2, 0.25) is 0 Å². The summed E-state index contributed by atoms with van der Waals surface area (Å²) in [5, 5.41) is 9.69. The topological polar surface area (TPSA) is 68.7 Å². The van der Waals surface area contributed by atoms with E-state index in [2.05, 4.69) is 4.98 Å². The number of methoxy groups -OCH3 is 2. The molecule has 5 nitrogen and oxygen atoms in total. The van der Waals surface area contributed by atoms with Crippen LogP contribution in [0.5, 0.6) is 11.5 Å². The van der Waals surface area contributed by atoms with Crippen molar-refractivity contribution >= 4 is 68.3 Å². The molecule has 0 aliphatic carbocycles. The molecule has 0 unspecified atom stereocenters. The molecule has 89 valence electrons. The van der Waals surface area contributed by atoms with Crippen molar-refractivity contribution in [1.29, 1.82) is 0 Å². The third kappa shape index (κ3) is 2.84. The smallest absolute Gasteiger partial charge is 0.354 e. The van der Waals surface area contributed by atoms with E-state index < -0.39 is 5.97 Å². The molecule has 1 N–H and O–H groups in total. The van der Waals surface area contributed by atoms with Gasteiger partial charge in [-0.2, -0.15) is 0 Å². The summed E-state index contributed by atoms with van der Waals surface area (Å²) in [6, 6.07) is 6.71. The van der Waals surface area contributed by atoms with Crippen molar-refractivity contribution < 1.29 is 19.4 Å². The molecule has 0 amide bonds. The second kappa shape index (κ2) is 6.49. The molecule has 1 heterocycles. The molecule has 0 aliphatic heterocycles. The molecule has 0 saturated carbocycles. The Morgan fingerprint density at radius 3 is 2.44 bits per heavy atom. The third-order valence-corrected chi connectivity index (χ3v) is 2.42. The van der Waals surface area contributed by atoms with E-state index in [1.54, 1.807) is 18.2 Å². The van der Waals surface area contributed by atoms with Crippen LogP contribution in [0.15, 0.2) is 24.3 Å². The maximum atomic E-state index is 11.0. The van der Waals surface area contributed by atoms with Gasteiger partial charge in [0.05, 0.1) is 14.2 Å². The Morgan fingerprint density at radius 1 is 1.22 bits per heavy atom. The van der Waals surface area contributed by atoms with Gasteiger partial charge in [0.1, 0.15) is 17.0 Å². The zero-order valence-electron chi connectivity index (χ0n) is 10.4. The number of fused-ring (bicyclic) bond motifs is 1. The molecule has 1 radical (unpaired) electrons. The molecule has 6 heteroatoms. The fourth-order valence-electron chi connectivity index (χ4n) is 1.63. The minimum Gasteiger partial charge on any atom is -0.496 e. The van der Waals surface area contributed by atoms with Gasteiger partial charge >= 0.3 is 5.97 Å². The zero-order valence-corrected chi connectivity index (χ0v) is 13.6. The number of carbonyl (C=O) groups is 1. The molecule has 18 heavy (non-hydrogen) atoms. The number of hydrogen-bond acceptors (Lipinski definition) is 4. The number of hydrogen-bond donors (Lipinski definition) is 1. The third-order valence-electron chi connectivity index (χ3n) is 2.42. The second-order valence-electron chi connectivity index (χ2n) is 3.37. The van der Waals surface area contributed by atoms with Crippen molar-refractivity contribution in [3.05, 3.63) is 30.0 Å². The summed E-state index contributed by atoms with van der Waals surface area (Å²) in [4.78, 5) is 15.0. The Morgan fingerprint density at radius 2 is 1.89 bits per heavy atom. The Labute approximate surface area is 147 Å². The van der Waals surface area contributed by atoms with Gasteiger partial charge in [-0.05, 0) is 12.1 Å². The Kier molecular flexibility index (Phi) is 5.55. The van der Waals surface area contributed by atoms with Crippen LogP contribution in [-0.2, 0) is 0 Å². The number of ether oxygens (including phenoxy) is 2. The summed E-state index contributed by atoms with van der Waals surface area (Å²) < 4.78 is 10.3. The van der Waals surface area contributed by atoms with E-state index in [1.807, 2.05) is 0 Å². The normalized spacial score (nSPS) is 9.67. The van der Waals surface area contributed by atoms with Crippen LogP contribution in [0, 0.1) is 0 Å². The molecule has 1 aromatic heterocycles. The molecular weight excluding hydrogens is 261 g/mol. The number of para-hydroxylation sites is 1. The van der Waals surface area contributed by atoms with Gasteiger partial charge in [0.15, 0.2) is 5.69 Å². The summed E-state index contributed by atoms with van der Waals surface area (Å²) >= 11 is 0. The van der Waals surface area contributed by atoms with Crippen LogP contribution in [-0.4, -0.2) is 81.7 Å². The van der Waals surface area contributed by atoms with E-state index in [0.717, 1.165) is 5.39 Å². The molecule has 0 aliphatic rings. The van der Waals surface area contributed by atoms with Crippen LogP contribution in [0.25, 0.3) is 10.9 Å². The number of rotatable bonds is 3. The second-order valence-corrected chi connectivity index (χ2v) is 3.37. The fraction of sp³-hybridized carbons (Fsp3) is 0.167. The van der Waals surface area contributed by atoms with Crippen LogP contribution in [0.3, 0.4) is 0 Å². The molecule has 0 fully saturated rings. The van der Waals surface area contributed by atoms with Crippen molar-refractivity contribution in [2.24, 2.45) is 0 Å². The first kappa shape index (κ1) is 15.4. The molecule has 0 atom stereocenters. The van der Waals surface area contributed by atoms with Gasteiger partial charge in [-0.25, -0.2) is 9.78 Å². The first-order valence-corrected chi connectivity index (χ1v) is 4.92. The Balaban J connectivity index is 0.00000162. The van der Waals surface area contributed by atoms with Gasteiger partial charge in [-0.3, -0.25) is 0 Å². The van der Waals surface area contributed by atoms with E-state index in [-0.39, 0.29) is 57.1 Å². The summed E-state index contributed by atoms with van der Waals surface area (Å²) in [6.45, 7) is 0. The molecule has 1 aromatic carbocycles.